The number of rotatable bonds is 6. The van der Waals surface area contributed by atoms with Gasteiger partial charge in [-0.25, -0.2) is 0 Å². The number of fused-ring (bicyclic) bond motifs is 7. The number of hydrogen-bond donors (Lipinski definition) is 0. The topological polar surface area (TPSA) is 9.72 Å². The van der Waals surface area contributed by atoms with Crippen molar-refractivity contribution in [2.45, 2.75) is 124 Å². The Balaban J connectivity index is 1.19. The third-order valence-corrected chi connectivity index (χ3v) is 16.8. The average Bonchev–Trinajstić information content (AvgIpc) is 1.08. The summed E-state index contributed by atoms with van der Waals surface area (Å²) >= 11 is 0. The Morgan fingerprint density at radius 3 is 1.60 bits per heavy atom. The van der Waals surface area contributed by atoms with Crippen LogP contribution in [0, 0.1) is 0 Å². The van der Waals surface area contributed by atoms with Crippen molar-refractivity contribution in [3.8, 4) is 22.3 Å². The zero-order valence-corrected chi connectivity index (χ0v) is 47.5. The molecule has 384 valence electrons. The Bertz CT molecular complexity index is 4050. The van der Waals surface area contributed by atoms with Crippen molar-refractivity contribution in [2.24, 2.45) is 0 Å². The van der Waals surface area contributed by atoms with Crippen LogP contribution < -0.4 is 31.1 Å². The van der Waals surface area contributed by atoms with Crippen LogP contribution in [-0.2, 0) is 27.1 Å². The lowest BCUT2D eigenvalue weighted by molar-refractivity contribution is 0.589. The van der Waals surface area contributed by atoms with Crippen molar-refractivity contribution in [2.75, 3.05) is 14.7 Å². The minimum absolute atomic E-state index is 0.0247. The molecular weight excluding hydrogens is 930 g/mol. The second kappa shape index (κ2) is 17.7. The fraction of sp³-hybridized carbons (Fsp3) is 0.260. The van der Waals surface area contributed by atoms with Crippen LogP contribution in [0.5, 0.6) is 0 Å². The average molecular weight is 1010 g/mol. The van der Waals surface area contributed by atoms with E-state index < -0.39 is 18.1 Å². The van der Waals surface area contributed by atoms with Gasteiger partial charge in [-0.15, -0.1) is 0 Å². The van der Waals surface area contributed by atoms with E-state index in [1.165, 1.54) is 55.4 Å². The molecule has 2 aliphatic heterocycles. The van der Waals surface area contributed by atoms with E-state index in [2.05, 4.69) is 252 Å². The molecule has 3 aliphatic rings. The lowest BCUT2D eigenvalue weighted by atomic mass is 9.33. The van der Waals surface area contributed by atoms with E-state index in [1.807, 2.05) is 23.1 Å². The third kappa shape index (κ3) is 8.42. The van der Waals surface area contributed by atoms with E-state index >= 15 is 0 Å². The van der Waals surface area contributed by atoms with Gasteiger partial charge in [0, 0.05) is 56.5 Å². The highest BCUT2D eigenvalue weighted by molar-refractivity contribution is 7.00. The van der Waals surface area contributed by atoms with Crippen LogP contribution in [0.15, 0.2) is 194 Å². The van der Waals surface area contributed by atoms with Gasteiger partial charge in [0.15, 0.2) is 0 Å². The second-order valence-corrected chi connectivity index (χ2v) is 26.4. The normalized spacial score (nSPS) is 15.3. The highest BCUT2D eigenvalue weighted by Crippen LogP contribution is 2.53. The second-order valence-electron chi connectivity index (χ2n) is 26.4. The lowest BCUT2D eigenvalue weighted by Crippen LogP contribution is -2.61. The van der Waals surface area contributed by atoms with Crippen LogP contribution in [0.1, 0.15) is 137 Å². The molecule has 12 rings (SSSR count). The SMILES string of the molecule is [2H]c1c([2H])c([2H])c(N(c2ccc3c(c2)N(c2ccc4c(c2)C(C)(C)c2ccccc2-4)c2cc(C(C)(C)C)cc4c2B3c2cc(C(C)(C)C)ccc2N4c2ccc(C(C)(C)C)cc2)c2ccccc2-c2ccc(C(C)(C)C)cc2)c([2H])c1[2H]. The Hall–Kier alpha value is -7.56. The van der Waals surface area contributed by atoms with Gasteiger partial charge >= 0.3 is 0 Å². The molecule has 9 aromatic carbocycles. The number of hydrogen-bond acceptors (Lipinski definition) is 3. The van der Waals surface area contributed by atoms with Crippen LogP contribution in [0.2, 0.25) is 0 Å². The van der Waals surface area contributed by atoms with Crippen molar-refractivity contribution < 1.29 is 6.85 Å². The minimum atomic E-state index is -0.435. The standard InChI is InChI=1S/C73H74BN3/c1-69(2,3)48-30-28-47(29-31-48)56-24-19-21-27-63(56)75(52-22-16-15-17-23-52)55-38-40-61-65(46-55)77(54-37-39-58-57-25-18-20-26-59(57)73(13,14)60(58)45-54)67-44-51(72(10,11)12)43-66-68(67)74(61)62-42-50(71(7,8)9)34-41-64(62)76(66)53-35-32-49(33-36-53)70(4,5)6/h15-46H,1-14H3/i15D,16D,17D,22D,23D. The summed E-state index contributed by atoms with van der Waals surface area (Å²) in [7, 11) is 0. The smallest absolute Gasteiger partial charge is 0.252 e. The molecule has 0 unspecified atom stereocenters. The van der Waals surface area contributed by atoms with E-state index in [0.717, 1.165) is 50.7 Å². The van der Waals surface area contributed by atoms with Crippen molar-refractivity contribution in [1.82, 2.24) is 0 Å². The van der Waals surface area contributed by atoms with Gasteiger partial charge in [-0.1, -0.05) is 218 Å². The maximum absolute atomic E-state index is 9.69. The molecule has 2 heterocycles. The quantitative estimate of drug-likeness (QED) is 0.154. The zero-order valence-electron chi connectivity index (χ0n) is 52.5. The van der Waals surface area contributed by atoms with Crippen molar-refractivity contribution in [3.05, 3.63) is 227 Å². The first kappa shape index (κ1) is 44.6. The Labute approximate surface area is 467 Å². The fourth-order valence-corrected chi connectivity index (χ4v) is 12.3. The zero-order chi connectivity index (χ0) is 58.5. The van der Waals surface area contributed by atoms with Crippen molar-refractivity contribution >= 4 is 74.3 Å². The number of nitrogens with zero attached hydrogens (tertiary/aromatic N) is 3. The molecule has 77 heavy (non-hydrogen) atoms. The predicted molar refractivity (Wildman–Crippen MR) is 333 cm³/mol. The highest BCUT2D eigenvalue weighted by atomic mass is 15.2. The molecular formula is C73H74BN3. The highest BCUT2D eigenvalue weighted by Gasteiger charge is 2.46. The minimum Gasteiger partial charge on any atom is -0.311 e. The van der Waals surface area contributed by atoms with E-state index in [0.29, 0.717) is 11.4 Å². The predicted octanol–water partition coefficient (Wildman–Crippen LogP) is 18.4. The first-order valence-electron chi connectivity index (χ1n) is 30.0. The summed E-state index contributed by atoms with van der Waals surface area (Å²) in [5, 5.41) is 0. The molecule has 1 aliphatic carbocycles. The molecule has 3 nitrogen and oxygen atoms in total. The van der Waals surface area contributed by atoms with Crippen LogP contribution in [0.25, 0.3) is 22.3 Å². The van der Waals surface area contributed by atoms with E-state index in [-0.39, 0.29) is 51.6 Å². The molecule has 4 heteroatoms. The number of benzene rings is 9. The molecule has 0 saturated carbocycles. The summed E-state index contributed by atoms with van der Waals surface area (Å²) < 4.78 is 46.4. The van der Waals surface area contributed by atoms with Gasteiger partial charge in [-0.3, -0.25) is 0 Å². The molecule has 0 atom stereocenters. The van der Waals surface area contributed by atoms with Gasteiger partial charge in [0.05, 0.1) is 12.5 Å². The molecule has 9 aromatic rings. The van der Waals surface area contributed by atoms with E-state index in [4.69, 9.17) is 4.11 Å². The van der Waals surface area contributed by atoms with Crippen LogP contribution in [0.4, 0.5) is 51.2 Å². The van der Waals surface area contributed by atoms with E-state index in [1.54, 1.807) is 0 Å². The van der Waals surface area contributed by atoms with Gasteiger partial charge < -0.3 is 14.7 Å². The molecule has 0 radical (unpaired) electrons. The summed E-state index contributed by atoms with van der Waals surface area (Å²) in [6.07, 6.45) is 0. The Morgan fingerprint density at radius 2 is 0.961 bits per heavy atom. The van der Waals surface area contributed by atoms with Gasteiger partial charge in [0.2, 0.25) is 0 Å². The molecule has 0 saturated heterocycles. The van der Waals surface area contributed by atoms with Gasteiger partial charge in [-0.05, 0) is 161 Å². The molecule has 0 N–H and O–H groups in total. The molecule has 0 aromatic heterocycles. The largest absolute Gasteiger partial charge is 0.311 e. The summed E-state index contributed by atoms with van der Waals surface area (Å²) in [5.41, 5.74) is 22.3. The number of anilines is 9. The summed E-state index contributed by atoms with van der Waals surface area (Å²) in [5.74, 6) is 0. The van der Waals surface area contributed by atoms with Crippen LogP contribution in [0.3, 0.4) is 0 Å². The van der Waals surface area contributed by atoms with Crippen molar-refractivity contribution in [1.29, 1.82) is 0 Å². The Morgan fingerprint density at radius 1 is 0.416 bits per heavy atom. The summed E-state index contributed by atoms with van der Waals surface area (Å²) in [6, 6.07) is 58.4. The van der Waals surface area contributed by atoms with Gasteiger partial charge in [-0.2, -0.15) is 0 Å². The van der Waals surface area contributed by atoms with Crippen molar-refractivity contribution in [3.63, 3.8) is 0 Å². The Kier molecular flexibility index (Phi) is 10.3. The van der Waals surface area contributed by atoms with Gasteiger partial charge in [0.1, 0.15) is 0 Å². The lowest BCUT2D eigenvalue weighted by Gasteiger charge is -2.46. The molecule has 0 spiro atoms. The monoisotopic (exact) mass is 1010 g/mol. The first-order chi connectivity index (χ1) is 38.5. The first-order valence-corrected chi connectivity index (χ1v) is 27.5. The summed E-state index contributed by atoms with van der Waals surface area (Å²) in [4.78, 5) is 6.89. The van der Waals surface area contributed by atoms with Crippen LogP contribution in [-0.4, -0.2) is 6.71 Å². The molecule has 0 bridgehead atoms. The molecule has 0 fully saturated rings. The fourth-order valence-electron chi connectivity index (χ4n) is 12.3. The third-order valence-electron chi connectivity index (χ3n) is 16.8. The number of para-hydroxylation sites is 2. The summed E-state index contributed by atoms with van der Waals surface area (Å²) in [6.45, 7) is 31.6. The maximum atomic E-state index is 9.69. The molecule has 0 amide bonds. The van der Waals surface area contributed by atoms with E-state index in [9.17, 15) is 2.74 Å². The van der Waals surface area contributed by atoms with Crippen LogP contribution >= 0.6 is 0 Å². The maximum Gasteiger partial charge on any atom is 0.252 e. The van der Waals surface area contributed by atoms with Gasteiger partial charge in [0.25, 0.3) is 6.71 Å².